The minimum atomic E-state index is 0. The molecule has 0 aromatic rings. The number of rotatable bonds is 4. The zero-order valence-corrected chi connectivity index (χ0v) is 12.1. The van der Waals surface area contributed by atoms with Gasteiger partial charge in [0.25, 0.3) is 0 Å². The number of hydrogen-bond acceptors (Lipinski definition) is 2. The van der Waals surface area contributed by atoms with Crippen LogP contribution in [0, 0.1) is 0 Å². The highest BCUT2D eigenvalue weighted by Crippen LogP contribution is 1.87. The average Bonchev–Trinajstić information content (AvgIpc) is 2.02. The number of carbonyl (C=O) groups excluding carboxylic acids is 1. The van der Waals surface area contributed by atoms with E-state index in [1.165, 1.54) is 0 Å². The van der Waals surface area contributed by atoms with Crippen LogP contribution in [0.15, 0.2) is 4.99 Å². The minimum Gasteiger partial charge on any atom is -0.370 e. The van der Waals surface area contributed by atoms with Crippen molar-refractivity contribution in [2.24, 2.45) is 10.7 Å². The Morgan fingerprint density at radius 2 is 2.00 bits per heavy atom. The number of nitrogens with one attached hydrogen (secondary N) is 1. The maximum absolute atomic E-state index is 11.1. The summed E-state index contributed by atoms with van der Waals surface area (Å²) >= 11 is 0. The summed E-state index contributed by atoms with van der Waals surface area (Å²) in [5.74, 6) is 0.456. The molecule has 0 fully saturated rings. The van der Waals surface area contributed by atoms with Crippen molar-refractivity contribution in [1.29, 1.82) is 0 Å². The van der Waals surface area contributed by atoms with Gasteiger partial charge in [-0.05, 0) is 13.8 Å². The second-order valence-corrected chi connectivity index (χ2v) is 3.60. The Kier molecular flexibility index (Phi) is 9.85. The lowest BCUT2D eigenvalue weighted by Crippen LogP contribution is -2.37. The maximum atomic E-state index is 11.1. The van der Waals surface area contributed by atoms with E-state index in [0.717, 1.165) is 0 Å². The average molecular weight is 328 g/mol. The van der Waals surface area contributed by atoms with E-state index in [-0.39, 0.29) is 35.9 Å². The van der Waals surface area contributed by atoms with Crippen LogP contribution < -0.4 is 11.1 Å². The van der Waals surface area contributed by atoms with Crippen molar-refractivity contribution in [2.45, 2.75) is 26.3 Å². The highest BCUT2D eigenvalue weighted by Gasteiger charge is 2.02. The highest BCUT2D eigenvalue weighted by molar-refractivity contribution is 14.0. The van der Waals surface area contributed by atoms with Gasteiger partial charge in [0, 0.05) is 26.6 Å². The topological polar surface area (TPSA) is 70.7 Å². The molecule has 0 saturated carbocycles. The number of nitrogens with zero attached hydrogens (tertiary/aromatic N) is 2. The zero-order valence-electron chi connectivity index (χ0n) is 9.78. The van der Waals surface area contributed by atoms with Gasteiger partial charge in [0.05, 0.1) is 6.54 Å². The molecular formula is C9H21IN4O. The molecule has 6 heteroatoms. The van der Waals surface area contributed by atoms with Gasteiger partial charge in [0.15, 0.2) is 5.96 Å². The Morgan fingerprint density at radius 3 is 2.40 bits per heavy atom. The van der Waals surface area contributed by atoms with Gasteiger partial charge < -0.3 is 16.0 Å². The van der Waals surface area contributed by atoms with Crippen LogP contribution >= 0.6 is 24.0 Å². The number of amides is 1. The molecule has 15 heavy (non-hydrogen) atoms. The fourth-order valence-corrected chi connectivity index (χ4v) is 0.837. The fraction of sp³-hybridized carbons (Fsp3) is 0.778. The molecule has 0 aliphatic rings. The summed E-state index contributed by atoms with van der Waals surface area (Å²) in [7, 11) is 3.45. The molecule has 5 nitrogen and oxygen atoms in total. The fourth-order valence-electron chi connectivity index (χ4n) is 0.837. The Balaban J connectivity index is 0. The van der Waals surface area contributed by atoms with E-state index in [2.05, 4.69) is 10.3 Å². The monoisotopic (exact) mass is 328 g/mol. The third-order valence-corrected chi connectivity index (χ3v) is 1.54. The predicted octanol–water partition coefficient (Wildman–Crippen LogP) is 0.395. The third kappa shape index (κ3) is 9.77. The van der Waals surface area contributed by atoms with Gasteiger partial charge in [-0.1, -0.05) is 0 Å². The van der Waals surface area contributed by atoms with Crippen LogP contribution in [0.1, 0.15) is 20.3 Å². The zero-order chi connectivity index (χ0) is 11.1. The number of nitrogens with two attached hydrogens (primary N) is 1. The number of halogens is 1. The Morgan fingerprint density at radius 1 is 1.47 bits per heavy atom. The molecule has 0 heterocycles. The van der Waals surface area contributed by atoms with E-state index in [9.17, 15) is 4.79 Å². The van der Waals surface area contributed by atoms with E-state index >= 15 is 0 Å². The molecule has 0 aliphatic heterocycles. The third-order valence-electron chi connectivity index (χ3n) is 1.54. The SMILES string of the molecule is CC(C)NC(N)=NCCC(=O)N(C)C.I. The van der Waals surface area contributed by atoms with E-state index in [4.69, 9.17) is 5.73 Å². The van der Waals surface area contributed by atoms with Crippen molar-refractivity contribution in [3.8, 4) is 0 Å². The van der Waals surface area contributed by atoms with Gasteiger partial charge >= 0.3 is 0 Å². The molecule has 0 saturated heterocycles. The summed E-state index contributed by atoms with van der Waals surface area (Å²) in [6.07, 6.45) is 0.396. The molecular weight excluding hydrogens is 307 g/mol. The number of carbonyl (C=O) groups is 1. The molecule has 0 aliphatic carbocycles. The maximum Gasteiger partial charge on any atom is 0.223 e. The molecule has 0 aromatic heterocycles. The molecule has 0 bridgehead atoms. The molecule has 0 aromatic carbocycles. The summed E-state index contributed by atoms with van der Waals surface area (Å²) in [6, 6.07) is 0.267. The lowest BCUT2D eigenvalue weighted by molar-refractivity contribution is -0.128. The molecule has 90 valence electrons. The molecule has 0 unspecified atom stereocenters. The van der Waals surface area contributed by atoms with Crippen LogP contribution in [-0.2, 0) is 4.79 Å². The number of hydrogen-bond donors (Lipinski definition) is 2. The van der Waals surface area contributed by atoms with E-state index < -0.39 is 0 Å². The lowest BCUT2D eigenvalue weighted by atomic mass is 10.4. The largest absolute Gasteiger partial charge is 0.370 e. The first-order valence-corrected chi connectivity index (χ1v) is 4.70. The first-order chi connectivity index (χ1) is 6.43. The second-order valence-electron chi connectivity index (χ2n) is 3.60. The molecule has 1 amide bonds. The van der Waals surface area contributed by atoms with Gasteiger partial charge in [0.1, 0.15) is 0 Å². The lowest BCUT2D eigenvalue weighted by Gasteiger charge is -2.10. The van der Waals surface area contributed by atoms with E-state index in [1.807, 2.05) is 13.8 Å². The standard InChI is InChI=1S/C9H20N4O.HI/c1-7(2)12-9(10)11-6-5-8(14)13(3)4;/h7H,5-6H2,1-4H3,(H3,10,11,12);1H. The predicted molar refractivity (Wildman–Crippen MR) is 73.5 cm³/mol. The van der Waals surface area contributed by atoms with Crippen molar-refractivity contribution >= 4 is 35.8 Å². The summed E-state index contributed by atoms with van der Waals surface area (Å²) in [4.78, 5) is 16.7. The smallest absolute Gasteiger partial charge is 0.223 e. The van der Waals surface area contributed by atoms with Gasteiger partial charge in [-0.15, -0.1) is 24.0 Å². The normalized spacial score (nSPS) is 10.9. The number of guanidine groups is 1. The molecule has 0 spiro atoms. The molecule has 0 rings (SSSR count). The van der Waals surface area contributed by atoms with Crippen molar-refractivity contribution in [1.82, 2.24) is 10.2 Å². The van der Waals surface area contributed by atoms with Crippen molar-refractivity contribution in [3.05, 3.63) is 0 Å². The van der Waals surface area contributed by atoms with Crippen LogP contribution in [0.3, 0.4) is 0 Å². The van der Waals surface area contributed by atoms with Gasteiger partial charge in [-0.2, -0.15) is 0 Å². The number of aliphatic imine (C=N–C) groups is 1. The molecule has 3 N–H and O–H groups in total. The Bertz CT molecular complexity index is 216. The van der Waals surface area contributed by atoms with E-state index in [0.29, 0.717) is 18.9 Å². The van der Waals surface area contributed by atoms with E-state index in [1.54, 1.807) is 19.0 Å². The van der Waals surface area contributed by atoms with Crippen LogP contribution in [0.25, 0.3) is 0 Å². The quantitative estimate of drug-likeness (QED) is 0.446. The van der Waals surface area contributed by atoms with Crippen LogP contribution in [0.4, 0.5) is 0 Å². The second kappa shape index (κ2) is 8.75. The van der Waals surface area contributed by atoms with Crippen molar-refractivity contribution in [2.75, 3.05) is 20.6 Å². The first kappa shape index (κ1) is 16.9. The summed E-state index contributed by atoms with van der Waals surface area (Å²) in [6.45, 7) is 4.39. The Labute approximate surface area is 109 Å². The molecule has 0 radical (unpaired) electrons. The molecule has 0 atom stereocenters. The highest BCUT2D eigenvalue weighted by atomic mass is 127. The Hall–Kier alpha value is -0.530. The summed E-state index contributed by atoms with van der Waals surface area (Å²) in [5, 5.41) is 2.95. The first-order valence-electron chi connectivity index (χ1n) is 4.70. The van der Waals surface area contributed by atoms with Crippen LogP contribution in [0.5, 0.6) is 0 Å². The van der Waals surface area contributed by atoms with Gasteiger partial charge in [0.2, 0.25) is 5.91 Å². The van der Waals surface area contributed by atoms with Gasteiger partial charge in [-0.25, -0.2) is 0 Å². The van der Waals surface area contributed by atoms with Crippen molar-refractivity contribution in [3.63, 3.8) is 0 Å². The minimum absolute atomic E-state index is 0. The van der Waals surface area contributed by atoms with Gasteiger partial charge in [-0.3, -0.25) is 9.79 Å². The van der Waals surface area contributed by atoms with Crippen molar-refractivity contribution < 1.29 is 4.79 Å². The summed E-state index contributed by atoms with van der Waals surface area (Å²) in [5.41, 5.74) is 5.55. The van der Waals surface area contributed by atoms with Crippen LogP contribution in [0.2, 0.25) is 0 Å². The summed E-state index contributed by atoms with van der Waals surface area (Å²) < 4.78 is 0. The van der Waals surface area contributed by atoms with Crippen LogP contribution in [-0.4, -0.2) is 43.4 Å².